The molecule has 0 aliphatic carbocycles. The van der Waals surface area contributed by atoms with Crippen LogP contribution in [-0.4, -0.2) is 38.3 Å². The second-order valence-corrected chi connectivity index (χ2v) is 5.49. The molecule has 1 aliphatic heterocycles. The molecule has 0 aromatic heterocycles. The van der Waals surface area contributed by atoms with Gasteiger partial charge in [0.25, 0.3) is 0 Å². The zero-order chi connectivity index (χ0) is 15.1. The van der Waals surface area contributed by atoms with Crippen molar-refractivity contribution in [2.75, 3.05) is 27.3 Å². The number of benzene rings is 1. The first-order valence-corrected chi connectivity index (χ1v) is 7.60. The van der Waals surface area contributed by atoms with Gasteiger partial charge < -0.3 is 9.47 Å². The number of nitrogens with zero attached hydrogens (tertiary/aromatic N) is 2. The van der Waals surface area contributed by atoms with Gasteiger partial charge in [-0.15, -0.1) is 0 Å². The molecule has 4 heteroatoms. The van der Waals surface area contributed by atoms with Crippen LogP contribution in [0.1, 0.15) is 31.2 Å². The molecule has 114 valence electrons. The van der Waals surface area contributed by atoms with E-state index in [4.69, 9.17) is 14.7 Å². The van der Waals surface area contributed by atoms with Crippen molar-refractivity contribution in [1.29, 1.82) is 5.26 Å². The van der Waals surface area contributed by atoms with Crippen LogP contribution in [0.15, 0.2) is 18.2 Å². The molecule has 0 N–H and O–H groups in total. The maximum absolute atomic E-state index is 8.94. The van der Waals surface area contributed by atoms with Gasteiger partial charge >= 0.3 is 0 Å². The van der Waals surface area contributed by atoms with E-state index in [1.165, 1.54) is 18.4 Å². The fourth-order valence-corrected chi connectivity index (χ4v) is 3.00. The van der Waals surface area contributed by atoms with E-state index in [0.29, 0.717) is 12.5 Å². The van der Waals surface area contributed by atoms with Gasteiger partial charge in [0.05, 0.1) is 26.7 Å². The molecule has 1 aromatic rings. The van der Waals surface area contributed by atoms with Crippen LogP contribution in [0.25, 0.3) is 0 Å². The third kappa shape index (κ3) is 4.12. The van der Waals surface area contributed by atoms with Crippen molar-refractivity contribution in [3.8, 4) is 17.6 Å². The number of methoxy groups -OCH3 is 2. The van der Waals surface area contributed by atoms with Crippen molar-refractivity contribution in [2.24, 2.45) is 0 Å². The maximum atomic E-state index is 8.94. The van der Waals surface area contributed by atoms with Gasteiger partial charge in [-0.3, -0.25) is 4.90 Å². The first kappa shape index (κ1) is 15.7. The van der Waals surface area contributed by atoms with E-state index in [1.807, 2.05) is 12.1 Å². The molecular formula is C17H24N2O2. The Kier molecular flexibility index (Phi) is 5.89. The quantitative estimate of drug-likeness (QED) is 0.807. The number of rotatable bonds is 6. The van der Waals surface area contributed by atoms with E-state index >= 15 is 0 Å². The third-order valence-electron chi connectivity index (χ3n) is 4.21. The monoisotopic (exact) mass is 288 g/mol. The van der Waals surface area contributed by atoms with Gasteiger partial charge in [0.1, 0.15) is 0 Å². The van der Waals surface area contributed by atoms with Gasteiger partial charge in [0.2, 0.25) is 0 Å². The van der Waals surface area contributed by atoms with E-state index in [2.05, 4.69) is 17.0 Å². The molecular weight excluding hydrogens is 264 g/mol. The van der Waals surface area contributed by atoms with Crippen LogP contribution in [0.3, 0.4) is 0 Å². The lowest BCUT2D eigenvalue weighted by Crippen LogP contribution is -2.40. The molecule has 2 rings (SSSR count). The molecule has 1 unspecified atom stereocenters. The Morgan fingerprint density at radius 3 is 2.76 bits per heavy atom. The number of hydrogen-bond donors (Lipinski definition) is 0. The highest BCUT2D eigenvalue weighted by atomic mass is 16.5. The van der Waals surface area contributed by atoms with Crippen LogP contribution >= 0.6 is 0 Å². The molecule has 0 radical (unpaired) electrons. The van der Waals surface area contributed by atoms with Crippen molar-refractivity contribution >= 4 is 0 Å². The average Bonchev–Trinajstić information content (AvgIpc) is 2.54. The lowest BCUT2D eigenvalue weighted by atomic mass is 9.99. The predicted molar refractivity (Wildman–Crippen MR) is 82.7 cm³/mol. The normalized spacial score (nSPS) is 19.0. The molecule has 1 fully saturated rings. The Morgan fingerprint density at radius 2 is 2.05 bits per heavy atom. The summed E-state index contributed by atoms with van der Waals surface area (Å²) in [6, 6.07) is 8.84. The van der Waals surface area contributed by atoms with Crippen LogP contribution in [0.5, 0.6) is 11.5 Å². The Morgan fingerprint density at radius 1 is 1.24 bits per heavy atom. The van der Waals surface area contributed by atoms with Crippen molar-refractivity contribution in [1.82, 2.24) is 4.90 Å². The summed E-state index contributed by atoms with van der Waals surface area (Å²) in [6.07, 6.45) is 5.26. The van der Waals surface area contributed by atoms with Crippen LogP contribution in [0.4, 0.5) is 0 Å². The molecule has 1 saturated heterocycles. The minimum atomic E-state index is 0.434. The van der Waals surface area contributed by atoms with Crippen molar-refractivity contribution in [3.05, 3.63) is 23.8 Å². The maximum Gasteiger partial charge on any atom is 0.160 e. The molecule has 1 heterocycles. The fraction of sp³-hybridized carbons (Fsp3) is 0.588. The summed E-state index contributed by atoms with van der Waals surface area (Å²) in [4.78, 5) is 2.46. The smallest absolute Gasteiger partial charge is 0.160 e. The highest BCUT2D eigenvalue weighted by Crippen LogP contribution is 2.28. The minimum Gasteiger partial charge on any atom is -0.493 e. The Labute approximate surface area is 127 Å². The van der Waals surface area contributed by atoms with E-state index in [1.54, 1.807) is 14.2 Å². The van der Waals surface area contributed by atoms with Gasteiger partial charge in [-0.1, -0.05) is 12.5 Å². The first-order chi connectivity index (χ1) is 10.3. The molecule has 1 atom stereocenters. The summed E-state index contributed by atoms with van der Waals surface area (Å²) in [5, 5.41) is 8.94. The third-order valence-corrected chi connectivity index (χ3v) is 4.21. The first-order valence-electron chi connectivity index (χ1n) is 7.60. The van der Waals surface area contributed by atoms with Crippen molar-refractivity contribution in [3.63, 3.8) is 0 Å². The van der Waals surface area contributed by atoms with Gasteiger partial charge in [-0.05, 0) is 43.5 Å². The highest BCUT2D eigenvalue weighted by Gasteiger charge is 2.21. The SMILES string of the molecule is COc1ccc(CCN2CCCCC2CC#N)cc1OC. The Hall–Kier alpha value is -1.73. The Balaban J connectivity index is 1.97. The lowest BCUT2D eigenvalue weighted by Gasteiger charge is -2.34. The minimum absolute atomic E-state index is 0.434. The summed E-state index contributed by atoms with van der Waals surface area (Å²) in [7, 11) is 3.31. The standard InChI is InChI=1S/C17H24N2O2/c1-20-16-7-6-14(13-17(16)21-2)9-12-19-11-4-3-5-15(19)8-10-18/h6-7,13,15H,3-5,8-9,11-12H2,1-2H3. The number of likely N-dealkylation sites (tertiary alicyclic amines) is 1. The molecule has 0 bridgehead atoms. The fourth-order valence-electron chi connectivity index (χ4n) is 3.00. The lowest BCUT2D eigenvalue weighted by molar-refractivity contribution is 0.152. The molecule has 0 spiro atoms. The topological polar surface area (TPSA) is 45.5 Å². The summed E-state index contributed by atoms with van der Waals surface area (Å²) < 4.78 is 10.6. The van der Waals surface area contributed by atoms with E-state index in [-0.39, 0.29) is 0 Å². The van der Waals surface area contributed by atoms with Crippen LogP contribution in [0, 0.1) is 11.3 Å². The molecule has 1 aliphatic rings. The van der Waals surface area contributed by atoms with Crippen molar-refractivity contribution < 1.29 is 9.47 Å². The predicted octanol–water partition coefficient (Wildman–Crippen LogP) is 3.01. The van der Waals surface area contributed by atoms with E-state index in [9.17, 15) is 0 Å². The highest BCUT2D eigenvalue weighted by molar-refractivity contribution is 5.42. The molecule has 0 amide bonds. The number of piperidine rings is 1. The van der Waals surface area contributed by atoms with Crippen LogP contribution < -0.4 is 9.47 Å². The molecule has 4 nitrogen and oxygen atoms in total. The zero-order valence-electron chi connectivity index (χ0n) is 13.0. The average molecular weight is 288 g/mol. The molecule has 21 heavy (non-hydrogen) atoms. The molecule has 0 saturated carbocycles. The van der Waals surface area contributed by atoms with Gasteiger partial charge in [0, 0.05) is 12.6 Å². The number of nitriles is 1. The molecule has 1 aromatic carbocycles. The number of hydrogen-bond acceptors (Lipinski definition) is 4. The second-order valence-electron chi connectivity index (χ2n) is 5.49. The van der Waals surface area contributed by atoms with E-state index < -0.39 is 0 Å². The Bertz CT molecular complexity index is 496. The second kappa shape index (κ2) is 7.90. The van der Waals surface area contributed by atoms with Crippen molar-refractivity contribution in [2.45, 2.75) is 38.1 Å². The van der Waals surface area contributed by atoms with Gasteiger partial charge in [-0.25, -0.2) is 0 Å². The van der Waals surface area contributed by atoms with Gasteiger partial charge in [0.15, 0.2) is 11.5 Å². The van der Waals surface area contributed by atoms with E-state index in [0.717, 1.165) is 37.4 Å². The van der Waals surface area contributed by atoms with Crippen LogP contribution in [0.2, 0.25) is 0 Å². The summed E-state index contributed by atoms with van der Waals surface area (Å²) >= 11 is 0. The number of ether oxygens (including phenoxy) is 2. The van der Waals surface area contributed by atoms with Crippen LogP contribution in [-0.2, 0) is 6.42 Å². The van der Waals surface area contributed by atoms with Gasteiger partial charge in [-0.2, -0.15) is 5.26 Å². The zero-order valence-corrected chi connectivity index (χ0v) is 13.0. The largest absolute Gasteiger partial charge is 0.493 e. The summed E-state index contributed by atoms with van der Waals surface area (Å²) in [5.41, 5.74) is 1.24. The summed E-state index contributed by atoms with van der Waals surface area (Å²) in [5.74, 6) is 1.55. The summed E-state index contributed by atoms with van der Waals surface area (Å²) in [6.45, 7) is 2.11.